The number of ether oxygens (including phenoxy) is 2. The third kappa shape index (κ3) is 4.87. The Hall–Kier alpha value is -1.36. The second-order valence-electron chi connectivity index (χ2n) is 9.90. The lowest BCUT2D eigenvalue weighted by Crippen LogP contribution is -2.39. The maximum atomic E-state index is 6.65. The van der Waals surface area contributed by atoms with Gasteiger partial charge in [0.05, 0.1) is 12.2 Å². The summed E-state index contributed by atoms with van der Waals surface area (Å²) in [5.41, 5.74) is 11.4. The number of rotatable bonds is 6. The van der Waals surface area contributed by atoms with Crippen molar-refractivity contribution < 1.29 is 9.47 Å². The summed E-state index contributed by atoms with van der Waals surface area (Å²) >= 11 is 0. The summed E-state index contributed by atoms with van der Waals surface area (Å²) < 4.78 is 12.3. The number of allylic oxidation sites excluding steroid dienone is 2. The molecule has 4 nitrogen and oxygen atoms in total. The van der Waals surface area contributed by atoms with E-state index < -0.39 is 0 Å². The monoisotopic (exact) mass is 398 g/mol. The number of benzene rings is 1. The van der Waals surface area contributed by atoms with Gasteiger partial charge in [-0.1, -0.05) is 26.0 Å². The molecule has 1 aliphatic carbocycles. The SMILES string of the molecule is CC1(C)CC=C(c2cc(C3(OCCN4CCCC4)CCOCC3)ccc2N)CC1. The first kappa shape index (κ1) is 20.9. The maximum Gasteiger partial charge on any atom is 0.0976 e. The molecule has 0 spiro atoms. The van der Waals surface area contributed by atoms with Gasteiger partial charge in [0.25, 0.3) is 0 Å². The van der Waals surface area contributed by atoms with Crippen molar-refractivity contribution in [3.63, 3.8) is 0 Å². The van der Waals surface area contributed by atoms with E-state index in [2.05, 4.69) is 43.0 Å². The molecule has 0 atom stereocenters. The van der Waals surface area contributed by atoms with Crippen molar-refractivity contribution in [3.8, 4) is 0 Å². The van der Waals surface area contributed by atoms with Crippen LogP contribution in [0.5, 0.6) is 0 Å². The Morgan fingerprint density at radius 1 is 1.10 bits per heavy atom. The van der Waals surface area contributed by atoms with Crippen LogP contribution < -0.4 is 5.73 Å². The molecule has 2 N–H and O–H groups in total. The van der Waals surface area contributed by atoms with Gasteiger partial charge < -0.3 is 20.1 Å². The first-order valence-corrected chi connectivity index (χ1v) is 11.5. The average molecular weight is 399 g/mol. The van der Waals surface area contributed by atoms with Crippen LogP contribution in [-0.2, 0) is 15.1 Å². The molecule has 2 heterocycles. The topological polar surface area (TPSA) is 47.7 Å². The standard InChI is InChI=1S/C25H38N2O2/c1-24(2)9-7-20(8-10-24)22-19-21(5-6-23(22)26)25(11-16-28-17-12-25)29-18-15-27-13-3-4-14-27/h5-7,19H,3-4,8-18,26H2,1-2H3. The van der Waals surface area contributed by atoms with E-state index in [-0.39, 0.29) is 5.60 Å². The number of anilines is 1. The molecule has 0 radical (unpaired) electrons. The van der Waals surface area contributed by atoms with Gasteiger partial charge >= 0.3 is 0 Å². The lowest BCUT2D eigenvalue weighted by Gasteiger charge is -2.38. The van der Waals surface area contributed by atoms with E-state index in [0.29, 0.717) is 5.41 Å². The molecule has 0 amide bonds. The zero-order valence-corrected chi connectivity index (χ0v) is 18.3. The van der Waals surface area contributed by atoms with Gasteiger partial charge in [-0.15, -0.1) is 0 Å². The first-order chi connectivity index (χ1) is 14.0. The Labute approximate surface area is 176 Å². The van der Waals surface area contributed by atoms with E-state index >= 15 is 0 Å². The summed E-state index contributed by atoms with van der Waals surface area (Å²) in [6, 6.07) is 6.60. The highest BCUT2D eigenvalue weighted by Gasteiger charge is 2.36. The summed E-state index contributed by atoms with van der Waals surface area (Å²) in [6.45, 7) is 10.5. The second kappa shape index (κ2) is 8.79. The van der Waals surface area contributed by atoms with Crippen LogP contribution in [0.2, 0.25) is 0 Å². The molecule has 2 aliphatic heterocycles. The van der Waals surface area contributed by atoms with Crippen molar-refractivity contribution in [2.24, 2.45) is 5.41 Å². The highest BCUT2D eigenvalue weighted by molar-refractivity contribution is 5.76. The predicted molar refractivity (Wildman–Crippen MR) is 120 cm³/mol. The molecule has 2 saturated heterocycles. The Balaban J connectivity index is 1.55. The van der Waals surface area contributed by atoms with Gasteiger partial charge in [0.15, 0.2) is 0 Å². The molecule has 1 aromatic carbocycles. The van der Waals surface area contributed by atoms with Crippen molar-refractivity contribution in [3.05, 3.63) is 35.4 Å². The van der Waals surface area contributed by atoms with Gasteiger partial charge in [0, 0.05) is 43.9 Å². The largest absolute Gasteiger partial charge is 0.398 e. The van der Waals surface area contributed by atoms with Gasteiger partial charge in [0.2, 0.25) is 0 Å². The van der Waals surface area contributed by atoms with Gasteiger partial charge in [-0.2, -0.15) is 0 Å². The Morgan fingerprint density at radius 2 is 1.86 bits per heavy atom. The molecule has 160 valence electrons. The highest BCUT2D eigenvalue weighted by Crippen LogP contribution is 2.42. The minimum Gasteiger partial charge on any atom is -0.398 e. The lowest BCUT2D eigenvalue weighted by atomic mass is 9.76. The lowest BCUT2D eigenvalue weighted by molar-refractivity contribution is -0.119. The fourth-order valence-corrected chi connectivity index (χ4v) is 5.03. The van der Waals surface area contributed by atoms with E-state index in [1.54, 1.807) is 0 Å². The van der Waals surface area contributed by atoms with Crippen molar-refractivity contribution in [2.45, 2.75) is 64.4 Å². The molecule has 4 rings (SSSR count). The van der Waals surface area contributed by atoms with E-state index in [1.165, 1.54) is 49.1 Å². The molecule has 29 heavy (non-hydrogen) atoms. The summed E-state index contributed by atoms with van der Waals surface area (Å²) in [5, 5.41) is 0. The van der Waals surface area contributed by atoms with Gasteiger partial charge in [0.1, 0.15) is 0 Å². The predicted octanol–water partition coefficient (Wildman–Crippen LogP) is 4.98. The van der Waals surface area contributed by atoms with E-state index in [9.17, 15) is 0 Å². The molecule has 0 aromatic heterocycles. The van der Waals surface area contributed by atoms with Crippen LogP contribution in [0, 0.1) is 5.41 Å². The third-order valence-electron chi connectivity index (χ3n) is 7.18. The van der Waals surface area contributed by atoms with Crippen LogP contribution in [0.15, 0.2) is 24.3 Å². The smallest absolute Gasteiger partial charge is 0.0976 e. The van der Waals surface area contributed by atoms with E-state index in [4.69, 9.17) is 15.2 Å². The molecule has 0 bridgehead atoms. The minimum absolute atomic E-state index is 0.241. The summed E-state index contributed by atoms with van der Waals surface area (Å²) in [6.07, 6.45) is 10.3. The quantitative estimate of drug-likeness (QED) is 0.687. The number of nitrogens with zero attached hydrogens (tertiary/aromatic N) is 1. The van der Waals surface area contributed by atoms with E-state index in [1.807, 2.05) is 0 Å². The van der Waals surface area contributed by atoms with Crippen LogP contribution in [0.25, 0.3) is 5.57 Å². The van der Waals surface area contributed by atoms with Crippen LogP contribution >= 0.6 is 0 Å². The summed E-state index contributed by atoms with van der Waals surface area (Å²) in [4.78, 5) is 2.52. The molecular formula is C25H38N2O2. The van der Waals surface area contributed by atoms with Crippen LogP contribution in [-0.4, -0.2) is 44.4 Å². The number of hydrogen-bond acceptors (Lipinski definition) is 4. The molecule has 0 unspecified atom stereocenters. The van der Waals surface area contributed by atoms with Crippen LogP contribution in [0.4, 0.5) is 5.69 Å². The fraction of sp³-hybridized carbons (Fsp3) is 0.680. The number of hydrogen-bond donors (Lipinski definition) is 1. The van der Waals surface area contributed by atoms with Gasteiger partial charge in [-0.25, -0.2) is 0 Å². The highest BCUT2D eigenvalue weighted by atomic mass is 16.5. The zero-order chi connectivity index (χ0) is 20.3. The van der Waals surface area contributed by atoms with Crippen molar-refractivity contribution in [2.75, 3.05) is 45.2 Å². The third-order valence-corrected chi connectivity index (χ3v) is 7.18. The van der Waals surface area contributed by atoms with Gasteiger partial charge in [-0.3, -0.25) is 0 Å². The molecule has 0 saturated carbocycles. The minimum atomic E-state index is -0.241. The molecular weight excluding hydrogens is 360 g/mol. The van der Waals surface area contributed by atoms with Crippen LogP contribution in [0.1, 0.15) is 69.9 Å². The number of likely N-dealkylation sites (tertiary alicyclic amines) is 1. The fourth-order valence-electron chi connectivity index (χ4n) is 5.03. The molecule has 1 aromatic rings. The zero-order valence-electron chi connectivity index (χ0n) is 18.3. The second-order valence-corrected chi connectivity index (χ2v) is 9.90. The molecule has 2 fully saturated rings. The Morgan fingerprint density at radius 3 is 2.55 bits per heavy atom. The molecule has 3 aliphatic rings. The van der Waals surface area contributed by atoms with Crippen molar-refractivity contribution >= 4 is 11.3 Å². The number of nitrogens with two attached hydrogens (primary N) is 1. The Kier molecular flexibility index (Phi) is 6.33. The maximum absolute atomic E-state index is 6.65. The van der Waals surface area contributed by atoms with Crippen molar-refractivity contribution in [1.82, 2.24) is 4.90 Å². The Bertz CT molecular complexity index is 728. The average Bonchev–Trinajstić information content (AvgIpc) is 3.23. The molecule has 4 heteroatoms. The van der Waals surface area contributed by atoms with Gasteiger partial charge in [-0.05, 0) is 73.9 Å². The van der Waals surface area contributed by atoms with E-state index in [0.717, 1.165) is 57.7 Å². The number of nitrogen functional groups attached to an aromatic ring is 1. The normalized spacial score (nSPS) is 24.4. The summed E-state index contributed by atoms with van der Waals surface area (Å²) in [5.74, 6) is 0. The summed E-state index contributed by atoms with van der Waals surface area (Å²) in [7, 11) is 0. The first-order valence-electron chi connectivity index (χ1n) is 11.5. The van der Waals surface area contributed by atoms with Crippen LogP contribution in [0.3, 0.4) is 0 Å². The van der Waals surface area contributed by atoms with Crippen molar-refractivity contribution in [1.29, 1.82) is 0 Å².